The van der Waals surface area contributed by atoms with Crippen molar-refractivity contribution in [3.8, 4) is 0 Å². The SMILES string of the molecule is C[C@@H](NC(=O)OC(C)(C)C)c1ccccc1. The summed E-state index contributed by atoms with van der Waals surface area (Å²) in [6, 6.07) is 9.75. The molecule has 0 aliphatic rings. The summed E-state index contributed by atoms with van der Waals surface area (Å²) in [7, 11) is 0. The molecule has 1 rings (SSSR count). The first-order valence-corrected chi connectivity index (χ1v) is 5.43. The predicted molar refractivity (Wildman–Crippen MR) is 64.2 cm³/mol. The molecule has 0 unspecified atom stereocenters. The van der Waals surface area contributed by atoms with Gasteiger partial charge in [-0.15, -0.1) is 0 Å². The van der Waals surface area contributed by atoms with E-state index in [9.17, 15) is 4.79 Å². The van der Waals surface area contributed by atoms with Crippen LogP contribution in [0.4, 0.5) is 4.79 Å². The molecule has 0 heterocycles. The molecule has 3 heteroatoms. The Labute approximate surface area is 96.8 Å². The van der Waals surface area contributed by atoms with Crippen molar-refractivity contribution in [1.82, 2.24) is 5.32 Å². The first kappa shape index (κ1) is 12.6. The Morgan fingerprint density at radius 1 is 1.25 bits per heavy atom. The molecule has 0 aromatic heterocycles. The fourth-order valence-corrected chi connectivity index (χ4v) is 1.31. The van der Waals surface area contributed by atoms with Gasteiger partial charge in [-0.1, -0.05) is 30.3 Å². The highest BCUT2D eigenvalue weighted by molar-refractivity contribution is 5.68. The zero-order valence-electron chi connectivity index (χ0n) is 10.3. The van der Waals surface area contributed by atoms with Gasteiger partial charge in [-0.05, 0) is 33.3 Å². The second-order valence-corrected chi connectivity index (χ2v) is 4.78. The van der Waals surface area contributed by atoms with Crippen LogP contribution in [0.1, 0.15) is 39.3 Å². The van der Waals surface area contributed by atoms with Crippen LogP contribution in [0.25, 0.3) is 0 Å². The predicted octanol–water partition coefficient (Wildman–Crippen LogP) is 3.27. The number of ether oxygens (including phenoxy) is 1. The van der Waals surface area contributed by atoms with E-state index in [1.165, 1.54) is 0 Å². The van der Waals surface area contributed by atoms with Crippen molar-refractivity contribution < 1.29 is 9.53 Å². The summed E-state index contributed by atoms with van der Waals surface area (Å²) < 4.78 is 5.18. The van der Waals surface area contributed by atoms with Gasteiger partial charge in [-0.25, -0.2) is 4.79 Å². The fourth-order valence-electron chi connectivity index (χ4n) is 1.31. The van der Waals surface area contributed by atoms with Crippen LogP contribution < -0.4 is 5.32 Å². The van der Waals surface area contributed by atoms with E-state index < -0.39 is 5.60 Å². The number of nitrogens with one attached hydrogen (secondary N) is 1. The van der Waals surface area contributed by atoms with Crippen LogP contribution in [-0.2, 0) is 4.74 Å². The Balaban J connectivity index is 2.52. The quantitative estimate of drug-likeness (QED) is 0.832. The first-order chi connectivity index (χ1) is 7.38. The molecule has 16 heavy (non-hydrogen) atoms. The van der Waals surface area contributed by atoms with Gasteiger partial charge in [-0.2, -0.15) is 0 Å². The van der Waals surface area contributed by atoms with Crippen LogP contribution in [0.5, 0.6) is 0 Å². The summed E-state index contributed by atoms with van der Waals surface area (Å²) >= 11 is 0. The summed E-state index contributed by atoms with van der Waals surface area (Å²) in [6.07, 6.45) is -0.385. The summed E-state index contributed by atoms with van der Waals surface area (Å²) in [5.74, 6) is 0. The molecule has 88 valence electrons. The molecule has 1 atom stereocenters. The van der Waals surface area contributed by atoms with Crippen molar-refractivity contribution >= 4 is 6.09 Å². The summed E-state index contributed by atoms with van der Waals surface area (Å²) in [5.41, 5.74) is 0.605. The van der Waals surface area contributed by atoms with Gasteiger partial charge < -0.3 is 10.1 Å². The number of benzene rings is 1. The third kappa shape index (κ3) is 4.34. The van der Waals surface area contributed by atoms with Gasteiger partial charge >= 0.3 is 6.09 Å². The number of hydrogen-bond acceptors (Lipinski definition) is 2. The Kier molecular flexibility index (Phi) is 3.93. The van der Waals surface area contributed by atoms with E-state index in [4.69, 9.17) is 4.74 Å². The molecule has 0 saturated carbocycles. The van der Waals surface area contributed by atoms with Gasteiger partial charge in [0.1, 0.15) is 5.60 Å². The number of hydrogen-bond donors (Lipinski definition) is 1. The zero-order chi connectivity index (χ0) is 12.2. The Hall–Kier alpha value is -1.51. The highest BCUT2D eigenvalue weighted by atomic mass is 16.6. The maximum absolute atomic E-state index is 11.5. The third-order valence-corrected chi connectivity index (χ3v) is 2.03. The van der Waals surface area contributed by atoms with Crippen LogP contribution in [0, 0.1) is 0 Å². The van der Waals surface area contributed by atoms with E-state index >= 15 is 0 Å². The number of carbonyl (C=O) groups excluding carboxylic acids is 1. The minimum absolute atomic E-state index is 0.0453. The van der Waals surface area contributed by atoms with E-state index in [1.54, 1.807) is 0 Å². The van der Waals surface area contributed by atoms with E-state index in [0.717, 1.165) is 5.56 Å². The molecular weight excluding hydrogens is 202 g/mol. The highest BCUT2D eigenvalue weighted by Crippen LogP contribution is 2.13. The fraction of sp³-hybridized carbons (Fsp3) is 0.462. The molecule has 1 N–H and O–H groups in total. The Morgan fingerprint density at radius 2 is 1.81 bits per heavy atom. The van der Waals surface area contributed by atoms with E-state index in [2.05, 4.69) is 5.32 Å². The van der Waals surface area contributed by atoms with E-state index in [1.807, 2.05) is 58.0 Å². The molecule has 1 aromatic rings. The van der Waals surface area contributed by atoms with Gasteiger partial charge in [0.2, 0.25) is 0 Å². The standard InChI is InChI=1S/C13H19NO2/c1-10(11-8-6-5-7-9-11)14-12(15)16-13(2,3)4/h5-10H,1-4H3,(H,14,15)/t10-/m1/s1. The topological polar surface area (TPSA) is 38.3 Å². The monoisotopic (exact) mass is 221 g/mol. The molecule has 1 amide bonds. The molecule has 0 radical (unpaired) electrons. The van der Waals surface area contributed by atoms with Crippen LogP contribution in [0.15, 0.2) is 30.3 Å². The lowest BCUT2D eigenvalue weighted by molar-refractivity contribution is 0.0508. The molecule has 0 fully saturated rings. The van der Waals surface area contributed by atoms with Crippen molar-refractivity contribution in [3.05, 3.63) is 35.9 Å². The molecule has 0 bridgehead atoms. The van der Waals surface area contributed by atoms with E-state index in [0.29, 0.717) is 0 Å². The summed E-state index contributed by atoms with van der Waals surface area (Å²) in [5, 5.41) is 2.79. The number of alkyl carbamates (subject to hydrolysis) is 1. The van der Waals surface area contributed by atoms with Crippen LogP contribution in [0.3, 0.4) is 0 Å². The second kappa shape index (κ2) is 5.01. The van der Waals surface area contributed by atoms with Gasteiger partial charge in [0.25, 0.3) is 0 Å². The van der Waals surface area contributed by atoms with Gasteiger partial charge in [-0.3, -0.25) is 0 Å². The number of amides is 1. The lowest BCUT2D eigenvalue weighted by Crippen LogP contribution is -2.33. The lowest BCUT2D eigenvalue weighted by atomic mass is 10.1. The Bertz CT molecular complexity index is 341. The molecule has 0 saturated heterocycles. The molecular formula is C13H19NO2. The highest BCUT2D eigenvalue weighted by Gasteiger charge is 2.17. The minimum atomic E-state index is -0.458. The minimum Gasteiger partial charge on any atom is -0.444 e. The van der Waals surface area contributed by atoms with E-state index in [-0.39, 0.29) is 12.1 Å². The van der Waals surface area contributed by atoms with Crippen molar-refractivity contribution in [3.63, 3.8) is 0 Å². The first-order valence-electron chi connectivity index (χ1n) is 5.43. The van der Waals surface area contributed by atoms with Gasteiger partial charge in [0.05, 0.1) is 6.04 Å². The van der Waals surface area contributed by atoms with Crippen molar-refractivity contribution in [2.75, 3.05) is 0 Å². The zero-order valence-corrected chi connectivity index (χ0v) is 10.3. The maximum Gasteiger partial charge on any atom is 0.408 e. The molecule has 0 spiro atoms. The maximum atomic E-state index is 11.5. The largest absolute Gasteiger partial charge is 0.444 e. The number of rotatable bonds is 2. The molecule has 0 aliphatic heterocycles. The molecule has 3 nitrogen and oxygen atoms in total. The average Bonchev–Trinajstić information content (AvgIpc) is 2.16. The average molecular weight is 221 g/mol. The smallest absolute Gasteiger partial charge is 0.408 e. The van der Waals surface area contributed by atoms with Gasteiger partial charge in [0, 0.05) is 0 Å². The normalized spacial score (nSPS) is 13.0. The third-order valence-electron chi connectivity index (χ3n) is 2.03. The van der Waals surface area contributed by atoms with Crippen molar-refractivity contribution in [1.29, 1.82) is 0 Å². The van der Waals surface area contributed by atoms with Crippen molar-refractivity contribution in [2.24, 2.45) is 0 Å². The van der Waals surface area contributed by atoms with Crippen molar-refractivity contribution in [2.45, 2.75) is 39.3 Å². The molecule has 1 aromatic carbocycles. The second-order valence-electron chi connectivity index (χ2n) is 4.78. The summed E-state index contributed by atoms with van der Waals surface area (Å²) in [4.78, 5) is 11.5. The molecule has 0 aliphatic carbocycles. The van der Waals surface area contributed by atoms with Crippen LogP contribution >= 0.6 is 0 Å². The van der Waals surface area contributed by atoms with Gasteiger partial charge in [0.15, 0.2) is 0 Å². The Morgan fingerprint density at radius 3 is 2.31 bits per heavy atom. The number of carbonyl (C=O) groups is 1. The van der Waals surface area contributed by atoms with Crippen LogP contribution in [0.2, 0.25) is 0 Å². The lowest BCUT2D eigenvalue weighted by Gasteiger charge is -2.22. The summed E-state index contributed by atoms with van der Waals surface area (Å²) in [6.45, 7) is 7.47. The van der Waals surface area contributed by atoms with Crippen LogP contribution in [-0.4, -0.2) is 11.7 Å².